The Hall–Kier alpha value is 1.59. The van der Waals surface area contributed by atoms with Crippen LogP contribution in [0.15, 0.2) is 0 Å². The van der Waals surface area contributed by atoms with Crippen LogP contribution in [0.5, 0.6) is 0 Å². The van der Waals surface area contributed by atoms with Crippen LogP contribution in [0.2, 0.25) is 0 Å². The van der Waals surface area contributed by atoms with Crippen molar-refractivity contribution in [1.82, 2.24) is 6.76 Å². The molecule has 2 aliphatic heterocycles. The summed E-state index contributed by atoms with van der Waals surface area (Å²) in [7, 11) is 0. The molecule has 0 atom stereocenters. The molecule has 0 bridgehead atoms. The van der Waals surface area contributed by atoms with Gasteiger partial charge >= 0.3 is 78.3 Å². The molecule has 0 unspecified atom stereocenters. The molecule has 0 N–H and O–H groups in total. The van der Waals surface area contributed by atoms with Crippen LogP contribution in [0.25, 0.3) is 0 Å². The summed E-state index contributed by atoms with van der Waals surface area (Å²) >= 11 is 0.153. The van der Waals surface area contributed by atoms with E-state index in [-0.39, 0.29) is 53.6 Å². The van der Waals surface area contributed by atoms with Crippen LogP contribution < -0.4 is 34.0 Å². The number of hydrogen-bond acceptors (Lipinski definition) is 2. The zero-order chi connectivity index (χ0) is 7.52. The first-order valence-electron chi connectivity index (χ1n) is 4.71. The van der Waals surface area contributed by atoms with Crippen molar-refractivity contribution in [2.75, 3.05) is 26.2 Å². The van der Waals surface area contributed by atoms with Crippen molar-refractivity contribution < 1.29 is 53.6 Å². The van der Waals surface area contributed by atoms with E-state index < -0.39 is 0 Å². The minimum Gasteiger partial charge on any atom is -1.00 e. The third kappa shape index (κ3) is 4.76. The van der Waals surface area contributed by atoms with Crippen molar-refractivity contribution in [3.63, 3.8) is 0 Å². The molecule has 2 heterocycles. The predicted molar refractivity (Wildman–Crippen MR) is 41.6 cm³/mol. The molecule has 0 radical (unpaired) electrons. The maximum Gasteiger partial charge on any atom is -1.00 e. The number of hydrogen-bond donors (Lipinski definition) is 0. The van der Waals surface area contributed by atoms with Gasteiger partial charge in [-0.1, -0.05) is 0 Å². The summed E-state index contributed by atoms with van der Waals surface area (Å²) in [5.41, 5.74) is 0. The van der Waals surface area contributed by atoms with E-state index in [9.17, 15) is 0 Å². The standard InChI is InChI=1S/2C4H8N.2BrH.Ti/c2*1-2-4-5-3-1;;;/h2*1-4H2;2*1H;/q2*-1;;;+4/p-2. The van der Waals surface area contributed by atoms with Crippen LogP contribution in [0, 0.1) is 0 Å². The molecule has 0 amide bonds. The fraction of sp³-hybridized carbons (Fsp3) is 1.00. The number of nitrogens with zero attached hydrogens (tertiary/aromatic N) is 2. The van der Waals surface area contributed by atoms with Gasteiger partial charge in [0.1, 0.15) is 0 Å². The van der Waals surface area contributed by atoms with E-state index in [4.69, 9.17) is 0 Å². The average Bonchev–Trinajstić information content (AvgIpc) is 2.60. The van der Waals surface area contributed by atoms with Crippen LogP contribution in [-0.4, -0.2) is 32.9 Å². The van der Waals surface area contributed by atoms with E-state index in [1.165, 1.54) is 51.9 Å². The SMILES string of the molecule is C1CC[N]([Ti+2][N]2CCCC2)C1.[Br-].[Br-]. The molecule has 0 aromatic rings. The van der Waals surface area contributed by atoms with Gasteiger partial charge in [0.2, 0.25) is 0 Å². The molecule has 0 spiro atoms. The molecule has 2 rings (SSSR count). The normalized spacial score (nSPS) is 23.4. The van der Waals surface area contributed by atoms with Crippen molar-refractivity contribution in [2.45, 2.75) is 25.7 Å². The van der Waals surface area contributed by atoms with E-state index in [2.05, 4.69) is 6.76 Å². The number of halogens is 2. The molecule has 2 fully saturated rings. The Morgan fingerprint density at radius 1 is 0.615 bits per heavy atom. The Bertz CT molecular complexity index is 111. The molecule has 5 heteroatoms. The summed E-state index contributed by atoms with van der Waals surface area (Å²) in [6.07, 6.45) is 5.82. The van der Waals surface area contributed by atoms with Crippen molar-refractivity contribution >= 4 is 0 Å². The second kappa shape index (κ2) is 7.83. The number of rotatable bonds is 2. The second-order valence-electron chi connectivity index (χ2n) is 3.49. The Labute approximate surface area is 111 Å². The molecule has 2 aliphatic rings. The molecule has 76 valence electrons. The van der Waals surface area contributed by atoms with E-state index >= 15 is 0 Å². The molecule has 0 aromatic carbocycles. The monoisotopic (exact) mass is 346 g/mol. The topological polar surface area (TPSA) is 6.48 Å². The van der Waals surface area contributed by atoms with Crippen LogP contribution in [0.3, 0.4) is 0 Å². The summed E-state index contributed by atoms with van der Waals surface area (Å²) in [5.74, 6) is 0. The van der Waals surface area contributed by atoms with Gasteiger partial charge in [0.15, 0.2) is 0 Å². The summed E-state index contributed by atoms with van der Waals surface area (Å²) in [4.78, 5) is 0. The smallest absolute Gasteiger partial charge is 1.00 e. The van der Waals surface area contributed by atoms with Crippen molar-refractivity contribution in [2.24, 2.45) is 0 Å². The molecule has 0 saturated carbocycles. The van der Waals surface area contributed by atoms with Crippen LogP contribution in [0.4, 0.5) is 0 Å². The van der Waals surface area contributed by atoms with Crippen LogP contribution >= 0.6 is 0 Å². The van der Waals surface area contributed by atoms with Gasteiger partial charge in [0.25, 0.3) is 0 Å². The third-order valence-corrected chi connectivity index (χ3v) is 4.78. The quantitative estimate of drug-likeness (QED) is 0.462. The van der Waals surface area contributed by atoms with E-state index in [0.29, 0.717) is 0 Å². The summed E-state index contributed by atoms with van der Waals surface area (Å²) in [5, 5.41) is 0. The van der Waals surface area contributed by atoms with E-state index in [0.717, 1.165) is 0 Å². The van der Waals surface area contributed by atoms with Gasteiger partial charge < -0.3 is 34.0 Å². The summed E-state index contributed by atoms with van der Waals surface area (Å²) in [6, 6.07) is 0. The molecular weight excluding hydrogens is 332 g/mol. The van der Waals surface area contributed by atoms with Gasteiger partial charge in [-0.15, -0.1) is 0 Å². The maximum atomic E-state index is 2.71. The van der Waals surface area contributed by atoms with Crippen molar-refractivity contribution in [3.8, 4) is 0 Å². The summed E-state index contributed by atoms with van der Waals surface area (Å²) < 4.78 is 5.43. The van der Waals surface area contributed by atoms with Crippen LogP contribution in [0.1, 0.15) is 25.7 Å². The molecule has 0 aromatic heterocycles. The van der Waals surface area contributed by atoms with Crippen molar-refractivity contribution in [1.29, 1.82) is 0 Å². The zero-order valence-electron chi connectivity index (χ0n) is 7.81. The molecule has 0 aliphatic carbocycles. The van der Waals surface area contributed by atoms with E-state index in [1.54, 1.807) is 0 Å². The minimum absolute atomic E-state index is 0. The van der Waals surface area contributed by atoms with Gasteiger partial charge in [-0.2, -0.15) is 0 Å². The molecule has 2 saturated heterocycles. The molecular formula is C8H16Br2N2Ti. The Kier molecular flexibility index (Phi) is 8.79. The average molecular weight is 348 g/mol. The minimum atomic E-state index is 0. The van der Waals surface area contributed by atoms with Crippen LogP contribution in [-0.2, 0) is 19.7 Å². The first-order chi connectivity index (χ1) is 5.45. The predicted octanol–water partition coefficient (Wildman–Crippen LogP) is -4.90. The third-order valence-electron chi connectivity index (χ3n) is 2.49. The molecule has 13 heavy (non-hydrogen) atoms. The van der Waals surface area contributed by atoms with Gasteiger partial charge in [0.05, 0.1) is 0 Å². The van der Waals surface area contributed by atoms with Gasteiger partial charge in [-0.05, 0) is 0 Å². The Balaban J connectivity index is 0.000000720. The maximum absolute atomic E-state index is 2.71. The Morgan fingerprint density at radius 2 is 0.923 bits per heavy atom. The van der Waals surface area contributed by atoms with Gasteiger partial charge in [0, 0.05) is 0 Å². The summed E-state index contributed by atoms with van der Waals surface area (Å²) in [6.45, 7) is 5.60. The zero-order valence-corrected chi connectivity index (χ0v) is 12.5. The fourth-order valence-corrected chi connectivity index (χ4v) is 4.07. The molecule has 2 nitrogen and oxygen atoms in total. The first kappa shape index (κ1) is 14.6. The fourth-order valence-electron chi connectivity index (χ4n) is 1.83. The van der Waals surface area contributed by atoms with Crippen molar-refractivity contribution in [3.05, 3.63) is 0 Å². The first-order valence-corrected chi connectivity index (χ1v) is 6.11. The largest absolute Gasteiger partial charge is 1.00 e. The Morgan fingerprint density at radius 3 is 1.23 bits per heavy atom. The van der Waals surface area contributed by atoms with E-state index in [1.807, 2.05) is 0 Å². The second-order valence-corrected chi connectivity index (χ2v) is 5.78. The van der Waals surface area contributed by atoms with Gasteiger partial charge in [-0.25, -0.2) is 0 Å². The van der Waals surface area contributed by atoms with Gasteiger partial charge in [-0.3, -0.25) is 0 Å².